The Kier molecular flexibility index (Phi) is 7.10. The van der Waals surface area contributed by atoms with Crippen molar-refractivity contribution in [3.63, 3.8) is 0 Å². The third kappa shape index (κ3) is 5.71. The summed E-state index contributed by atoms with van der Waals surface area (Å²) >= 11 is 7.37. The summed E-state index contributed by atoms with van der Waals surface area (Å²) in [4.78, 5) is 31.1. The van der Waals surface area contributed by atoms with E-state index in [1.807, 2.05) is 0 Å². The highest BCUT2D eigenvalue weighted by atomic mass is 35.5. The number of rotatable bonds is 6. The summed E-state index contributed by atoms with van der Waals surface area (Å²) < 4.78 is 5.46. The standard InChI is InChI=1S/C24H22ClN5O3S/c1-30(2)22(31)11-15-6-8-16(17(10-15)18-12-20(25)26-13-19(18)33-3)23(32)27-24-29-28-21(34-24)9-7-14-4-5-14/h6,8,10,12-14H,4-5,11H2,1-3H3,(H,27,29,32). The zero-order valence-corrected chi connectivity index (χ0v) is 20.5. The van der Waals surface area contributed by atoms with Gasteiger partial charge in [0.15, 0.2) is 5.01 Å². The Bertz CT molecular complexity index is 1310. The van der Waals surface area contributed by atoms with Gasteiger partial charge in [-0.15, -0.1) is 10.2 Å². The van der Waals surface area contributed by atoms with Crippen molar-refractivity contribution in [2.75, 3.05) is 26.5 Å². The number of amides is 2. The number of carbonyl (C=O) groups excluding carboxylic acids is 2. The number of halogens is 1. The van der Waals surface area contributed by atoms with Crippen LogP contribution in [0.5, 0.6) is 5.75 Å². The van der Waals surface area contributed by atoms with Crippen LogP contribution in [0, 0.1) is 17.8 Å². The average molecular weight is 496 g/mol. The van der Waals surface area contributed by atoms with Crippen LogP contribution in [0.3, 0.4) is 0 Å². The Morgan fingerprint density at radius 3 is 2.74 bits per heavy atom. The molecule has 0 saturated heterocycles. The summed E-state index contributed by atoms with van der Waals surface area (Å²) in [6.07, 6.45) is 3.92. The second-order valence-electron chi connectivity index (χ2n) is 7.96. The molecule has 10 heteroatoms. The van der Waals surface area contributed by atoms with Crippen molar-refractivity contribution in [3.8, 4) is 28.7 Å². The Morgan fingerprint density at radius 2 is 2.03 bits per heavy atom. The third-order valence-electron chi connectivity index (χ3n) is 5.13. The number of ether oxygens (including phenoxy) is 1. The molecule has 1 aliphatic rings. The van der Waals surface area contributed by atoms with Gasteiger partial charge in [-0.25, -0.2) is 4.98 Å². The number of likely N-dealkylation sites (N-methyl/N-ethyl adjacent to an activating group) is 1. The molecule has 2 heterocycles. The van der Waals surface area contributed by atoms with Crippen molar-refractivity contribution in [1.29, 1.82) is 0 Å². The lowest BCUT2D eigenvalue weighted by molar-refractivity contribution is -0.127. The summed E-state index contributed by atoms with van der Waals surface area (Å²) in [6.45, 7) is 0. The normalized spacial score (nSPS) is 12.5. The molecule has 1 aromatic carbocycles. The molecule has 0 atom stereocenters. The van der Waals surface area contributed by atoms with Crippen molar-refractivity contribution < 1.29 is 14.3 Å². The topological polar surface area (TPSA) is 97.3 Å². The van der Waals surface area contributed by atoms with E-state index in [2.05, 4.69) is 32.3 Å². The van der Waals surface area contributed by atoms with Crippen molar-refractivity contribution in [2.45, 2.75) is 19.3 Å². The summed E-state index contributed by atoms with van der Waals surface area (Å²) in [7, 11) is 4.91. The Morgan fingerprint density at radius 1 is 1.24 bits per heavy atom. The summed E-state index contributed by atoms with van der Waals surface area (Å²) in [5.41, 5.74) is 2.25. The summed E-state index contributed by atoms with van der Waals surface area (Å²) in [6, 6.07) is 6.84. The predicted octanol–water partition coefficient (Wildman–Crippen LogP) is 3.91. The fourth-order valence-electron chi connectivity index (χ4n) is 3.13. The van der Waals surface area contributed by atoms with Crippen LogP contribution < -0.4 is 10.1 Å². The molecule has 0 spiro atoms. The first-order valence-electron chi connectivity index (χ1n) is 10.5. The molecule has 174 valence electrons. The van der Waals surface area contributed by atoms with Gasteiger partial charge < -0.3 is 9.64 Å². The van der Waals surface area contributed by atoms with Gasteiger partial charge in [-0.05, 0) is 48.1 Å². The predicted molar refractivity (Wildman–Crippen MR) is 131 cm³/mol. The molecule has 2 amide bonds. The number of hydrogen-bond acceptors (Lipinski definition) is 7. The number of pyridine rings is 1. The number of methoxy groups -OCH3 is 1. The second kappa shape index (κ2) is 10.2. The maximum atomic E-state index is 13.2. The summed E-state index contributed by atoms with van der Waals surface area (Å²) in [5, 5.41) is 12.0. The van der Waals surface area contributed by atoms with Crippen LogP contribution in [0.2, 0.25) is 5.15 Å². The zero-order valence-electron chi connectivity index (χ0n) is 18.9. The molecule has 1 saturated carbocycles. The van der Waals surface area contributed by atoms with E-state index in [1.165, 1.54) is 29.5 Å². The highest BCUT2D eigenvalue weighted by molar-refractivity contribution is 7.15. The fourth-order valence-corrected chi connectivity index (χ4v) is 3.88. The van der Waals surface area contributed by atoms with E-state index >= 15 is 0 Å². The maximum Gasteiger partial charge on any atom is 0.258 e. The Balaban J connectivity index is 1.68. The lowest BCUT2D eigenvalue weighted by atomic mass is 9.95. The van der Waals surface area contributed by atoms with E-state index in [-0.39, 0.29) is 23.4 Å². The van der Waals surface area contributed by atoms with E-state index in [4.69, 9.17) is 16.3 Å². The van der Waals surface area contributed by atoms with E-state index < -0.39 is 0 Å². The van der Waals surface area contributed by atoms with Gasteiger partial charge in [0, 0.05) is 31.1 Å². The molecule has 0 aliphatic heterocycles. The monoisotopic (exact) mass is 495 g/mol. The second-order valence-corrected chi connectivity index (χ2v) is 9.33. The lowest BCUT2D eigenvalue weighted by Crippen LogP contribution is -2.23. The van der Waals surface area contributed by atoms with Crippen molar-refractivity contribution >= 4 is 39.9 Å². The number of carbonyl (C=O) groups is 2. The SMILES string of the molecule is COc1cnc(Cl)cc1-c1cc(CC(=O)N(C)C)ccc1C(=O)Nc1nnc(C#CC2CC2)s1. The van der Waals surface area contributed by atoms with E-state index in [9.17, 15) is 9.59 Å². The number of nitrogens with zero attached hydrogens (tertiary/aromatic N) is 4. The van der Waals surface area contributed by atoms with Crippen LogP contribution in [0.4, 0.5) is 5.13 Å². The van der Waals surface area contributed by atoms with E-state index in [0.29, 0.717) is 38.5 Å². The third-order valence-corrected chi connectivity index (χ3v) is 6.09. The summed E-state index contributed by atoms with van der Waals surface area (Å²) in [5.74, 6) is 6.59. The fraction of sp³-hybridized carbons (Fsp3) is 0.292. The van der Waals surface area contributed by atoms with Gasteiger partial charge in [0.1, 0.15) is 10.9 Å². The molecule has 0 unspecified atom stereocenters. The van der Waals surface area contributed by atoms with Crippen molar-refractivity contribution in [1.82, 2.24) is 20.1 Å². The van der Waals surface area contributed by atoms with Gasteiger partial charge in [0.05, 0.1) is 19.7 Å². The minimum atomic E-state index is -0.381. The van der Waals surface area contributed by atoms with Gasteiger partial charge >= 0.3 is 0 Å². The molecule has 34 heavy (non-hydrogen) atoms. The van der Waals surface area contributed by atoms with Gasteiger partial charge in [0.25, 0.3) is 5.91 Å². The molecule has 0 bridgehead atoms. The Labute approximate surface area is 206 Å². The molecule has 3 aromatic rings. The van der Waals surface area contributed by atoms with E-state index in [0.717, 1.165) is 18.4 Å². The highest BCUT2D eigenvalue weighted by Crippen LogP contribution is 2.35. The molecule has 2 aromatic heterocycles. The molecular formula is C24H22ClN5O3S. The molecule has 1 fully saturated rings. The smallest absolute Gasteiger partial charge is 0.258 e. The lowest BCUT2D eigenvalue weighted by Gasteiger charge is -2.15. The van der Waals surface area contributed by atoms with Gasteiger partial charge in [-0.2, -0.15) is 0 Å². The molecule has 1 N–H and O–H groups in total. The van der Waals surface area contributed by atoms with Crippen molar-refractivity contribution in [3.05, 3.63) is 51.7 Å². The quantitative estimate of drug-likeness (QED) is 0.411. The number of aromatic nitrogens is 3. The molecule has 1 aliphatic carbocycles. The first-order valence-corrected chi connectivity index (χ1v) is 11.7. The van der Waals surface area contributed by atoms with Gasteiger partial charge in [-0.1, -0.05) is 34.9 Å². The van der Waals surface area contributed by atoms with Crippen LogP contribution in [0.25, 0.3) is 11.1 Å². The van der Waals surface area contributed by atoms with Crippen LogP contribution >= 0.6 is 22.9 Å². The maximum absolute atomic E-state index is 13.2. The number of anilines is 1. The number of hydrogen-bond donors (Lipinski definition) is 1. The van der Waals surface area contributed by atoms with Gasteiger partial charge in [0.2, 0.25) is 11.0 Å². The highest BCUT2D eigenvalue weighted by Gasteiger charge is 2.20. The first-order chi connectivity index (χ1) is 16.3. The largest absolute Gasteiger partial charge is 0.494 e. The van der Waals surface area contributed by atoms with Crippen LogP contribution in [-0.4, -0.2) is 53.1 Å². The zero-order chi connectivity index (χ0) is 24.2. The molecular weight excluding hydrogens is 474 g/mol. The van der Waals surface area contributed by atoms with Crippen LogP contribution in [0.1, 0.15) is 33.8 Å². The van der Waals surface area contributed by atoms with Gasteiger partial charge in [-0.3, -0.25) is 14.9 Å². The van der Waals surface area contributed by atoms with Crippen LogP contribution in [0.15, 0.2) is 30.5 Å². The number of benzene rings is 1. The van der Waals surface area contributed by atoms with Crippen molar-refractivity contribution in [2.24, 2.45) is 5.92 Å². The average Bonchev–Trinajstić information content (AvgIpc) is 3.55. The minimum Gasteiger partial charge on any atom is -0.494 e. The number of nitrogens with one attached hydrogen (secondary N) is 1. The molecule has 8 nitrogen and oxygen atoms in total. The minimum absolute atomic E-state index is 0.0587. The molecule has 0 radical (unpaired) electrons. The van der Waals surface area contributed by atoms with Crippen LogP contribution in [-0.2, 0) is 11.2 Å². The first kappa shape index (κ1) is 23.7. The molecule has 4 rings (SSSR count). The van der Waals surface area contributed by atoms with E-state index in [1.54, 1.807) is 38.4 Å². The Hall–Kier alpha value is -3.48.